The van der Waals surface area contributed by atoms with Crippen molar-refractivity contribution in [2.45, 2.75) is 39.7 Å². The van der Waals surface area contributed by atoms with Gasteiger partial charge in [0.25, 0.3) is 0 Å². The van der Waals surface area contributed by atoms with E-state index in [0.717, 1.165) is 25.0 Å². The van der Waals surface area contributed by atoms with E-state index in [1.165, 1.54) is 0 Å². The summed E-state index contributed by atoms with van der Waals surface area (Å²) in [5, 5.41) is 12.1. The minimum absolute atomic E-state index is 0.483. The standard InChI is InChI=1S/C12H20N6O/c1-9(2)6-12-14-11(16-19-12)8-18-7-10(15-17-18)4-3-5-13/h7,9H,3-6,8,13H2,1-2H3. The molecule has 0 saturated heterocycles. The Morgan fingerprint density at radius 2 is 2.26 bits per heavy atom. The third-order valence-corrected chi connectivity index (χ3v) is 2.62. The summed E-state index contributed by atoms with van der Waals surface area (Å²) in [4.78, 5) is 4.33. The topological polar surface area (TPSA) is 95.7 Å². The molecule has 0 aliphatic rings. The van der Waals surface area contributed by atoms with E-state index in [9.17, 15) is 0 Å². The first kappa shape index (κ1) is 13.7. The van der Waals surface area contributed by atoms with E-state index in [1.807, 2.05) is 6.20 Å². The Morgan fingerprint density at radius 1 is 1.42 bits per heavy atom. The number of nitrogens with zero attached hydrogens (tertiary/aromatic N) is 5. The van der Waals surface area contributed by atoms with Crippen LogP contribution in [0.1, 0.15) is 37.7 Å². The van der Waals surface area contributed by atoms with Crippen molar-refractivity contribution in [2.75, 3.05) is 6.54 Å². The third kappa shape index (κ3) is 4.13. The van der Waals surface area contributed by atoms with E-state index in [0.29, 0.717) is 30.7 Å². The van der Waals surface area contributed by atoms with E-state index >= 15 is 0 Å². The van der Waals surface area contributed by atoms with Gasteiger partial charge < -0.3 is 10.3 Å². The van der Waals surface area contributed by atoms with Gasteiger partial charge in [-0.05, 0) is 25.3 Å². The highest BCUT2D eigenvalue weighted by Gasteiger charge is 2.09. The van der Waals surface area contributed by atoms with Gasteiger partial charge in [-0.15, -0.1) is 5.10 Å². The lowest BCUT2D eigenvalue weighted by Crippen LogP contribution is -2.03. The maximum Gasteiger partial charge on any atom is 0.226 e. The van der Waals surface area contributed by atoms with Gasteiger partial charge in [-0.25, -0.2) is 4.68 Å². The first-order chi connectivity index (χ1) is 9.17. The average molecular weight is 264 g/mol. The lowest BCUT2D eigenvalue weighted by Gasteiger charge is -1.96. The zero-order valence-corrected chi connectivity index (χ0v) is 11.4. The number of aryl methyl sites for hydroxylation is 1. The molecule has 0 aromatic carbocycles. The van der Waals surface area contributed by atoms with E-state index in [-0.39, 0.29) is 0 Å². The van der Waals surface area contributed by atoms with Crippen molar-refractivity contribution in [1.82, 2.24) is 25.1 Å². The highest BCUT2D eigenvalue weighted by molar-refractivity contribution is 4.95. The largest absolute Gasteiger partial charge is 0.339 e. The van der Waals surface area contributed by atoms with Crippen LogP contribution in [0.3, 0.4) is 0 Å². The number of aromatic nitrogens is 5. The molecule has 7 heteroatoms. The van der Waals surface area contributed by atoms with Crippen molar-refractivity contribution in [2.24, 2.45) is 11.7 Å². The molecule has 0 unspecified atom stereocenters. The van der Waals surface area contributed by atoms with Crippen LogP contribution < -0.4 is 5.73 Å². The van der Waals surface area contributed by atoms with E-state index in [2.05, 4.69) is 34.3 Å². The Hall–Kier alpha value is -1.76. The highest BCUT2D eigenvalue weighted by Crippen LogP contribution is 2.06. The Labute approximate surface area is 112 Å². The maximum atomic E-state index is 5.46. The van der Waals surface area contributed by atoms with Gasteiger partial charge in [0.15, 0.2) is 5.82 Å². The smallest absolute Gasteiger partial charge is 0.226 e. The Kier molecular flexibility index (Phi) is 4.62. The molecule has 2 rings (SSSR count). The lowest BCUT2D eigenvalue weighted by atomic mass is 10.1. The number of rotatable bonds is 7. The van der Waals surface area contributed by atoms with Crippen LogP contribution in [0.15, 0.2) is 10.7 Å². The maximum absolute atomic E-state index is 5.46. The summed E-state index contributed by atoms with van der Waals surface area (Å²) in [6.07, 6.45) is 4.46. The molecular weight excluding hydrogens is 244 g/mol. The van der Waals surface area contributed by atoms with Crippen molar-refractivity contribution < 1.29 is 4.52 Å². The van der Waals surface area contributed by atoms with Crippen LogP contribution in [-0.4, -0.2) is 31.7 Å². The first-order valence-corrected chi connectivity index (χ1v) is 6.58. The van der Waals surface area contributed by atoms with Gasteiger partial charge in [-0.2, -0.15) is 4.98 Å². The van der Waals surface area contributed by atoms with Crippen LogP contribution in [0.2, 0.25) is 0 Å². The van der Waals surface area contributed by atoms with Crippen LogP contribution in [-0.2, 0) is 19.4 Å². The van der Waals surface area contributed by atoms with E-state index < -0.39 is 0 Å². The fourth-order valence-electron chi connectivity index (χ4n) is 1.74. The van der Waals surface area contributed by atoms with Crippen LogP contribution in [0, 0.1) is 5.92 Å². The summed E-state index contributed by atoms with van der Waals surface area (Å²) in [6.45, 7) is 5.38. The fraction of sp³-hybridized carbons (Fsp3) is 0.667. The third-order valence-electron chi connectivity index (χ3n) is 2.62. The molecule has 0 bridgehead atoms. The van der Waals surface area contributed by atoms with Gasteiger partial charge in [-0.1, -0.05) is 24.2 Å². The molecule has 0 amide bonds. The normalized spacial score (nSPS) is 11.4. The molecular formula is C12H20N6O. The van der Waals surface area contributed by atoms with E-state index in [1.54, 1.807) is 4.68 Å². The van der Waals surface area contributed by atoms with Crippen LogP contribution >= 0.6 is 0 Å². The Balaban J connectivity index is 1.93. The molecule has 2 heterocycles. The van der Waals surface area contributed by atoms with Gasteiger partial charge in [-0.3, -0.25) is 0 Å². The van der Waals surface area contributed by atoms with Crippen LogP contribution in [0.25, 0.3) is 0 Å². The lowest BCUT2D eigenvalue weighted by molar-refractivity contribution is 0.357. The molecule has 2 N–H and O–H groups in total. The zero-order chi connectivity index (χ0) is 13.7. The predicted molar refractivity (Wildman–Crippen MR) is 69.3 cm³/mol. The highest BCUT2D eigenvalue weighted by atomic mass is 16.5. The fourth-order valence-corrected chi connectivity index (χ4v) is 1.74. The second-order valence-corrected chi connectivity index (χ2v) is 5.00. The number of hydrogen-bond donors (Lipinski definition) is 1. The molecule has 19 heavy (non-hydrogen) atoms. The molecule has 2 aromatic heterocycles. The predicted octanol–water partition coefficient (Wildman–Crippen LogP) is 0.799. The average Bonchev–Trinajstić information content (AvgIpc) is 2.96. The zero-order valence-electron chi connectivity index (χ0n) is 11.4. The van der Waals surface area contributed by atoms with Crippen molar-refractivity contribution in [3.05, 3.63) is 23.6 Å². The molecule has 7 nitrogen and oxygen atoms in total. The van der Waals surface area contributed by atoms with Crippen molar-refractivity contribution >= 4 is 0 Å². The Morgan fingerprint density at radius 3 is 3.00 bits per heavy atom. The molecule has 0 fully saturated rings. The summed E-state index contributed by atoms with van der Waals surface area (Å²) >= 11 is 0. The molecule has 0 atom stereocenters. The minimum atomic E-state index is 0.483. The van der Waals surface area contributed by atoms with Gasteiger partial charge in [0.05, 0.1) is 5.69 Å². The summed E-state index contributed by atoms with van der Waals surface area (Å²) in [5.41, 5.74) is 6.40. The van der Waals surface area contributed by atoms with Gasteiger partial charge in [0.2, 0.25) is 5.89 Å². The van der Waals surface area contributed by atoms with Gasteiger partial charge in [0, 0.05) is 12.6 Å². The molecule has 0 aliphatic heterocycles. The second kappa shape index (κ2) is 6.42. The number of nitrogens with two attached hydrogens (primary N) is 1. The summed E-state index contributed by atoms with van der Waals surface area (Å²) < 4.78 is 6.90. The van der Waals surface area contributed by atoms with Crippen LogP contribution in [0.5, 0.6) is 0 Å². The molecule has 0 saturated carbocycles. The van der Waals surface area contributed by atoms with Gasteiger partial charge >= 0.3 is 0 Å². The quantitative estimate of drug-likeness (QED) is 0.794. The Bertz CT molecular complexity index is 504. The van der Waals surface area contributed by atoms with Crippen molar-refractivity contribution in [1.29, 1.82) is 0 Å². The molecule has 2 aromatic rings. The number of hydrogen-bond acceptors (Lipinski definition) is 6. The monoisotopic (exact) mass is 264 g/mol. The minimum Gasteiger partial charge on any atom is -0.339 e. The SMILES string of the molecule is CC(C)Cc1nc(Cn2cc(CCCN)nn2)no1. The first-order valence-electron chi connectivity index (χ1n) is 6.58. The summed E-state index contributed by atoms with van der Waals surface area (Å²) in [6, 6.07) is 0. The second-order valence-electron chi connectivity index (χ2n) is 5.00. The molecule has 0 aliphatic carbocycles. The van der Waals surface area contributed by atoms with Gasteiger partial charge in [0.1, 0.15) is 6.54 Å². The summed E-state index contributed by atoms with van der Waals surface area (Å²) in [7, 11) is 0. The van der Waals surface area contributed by atoms with Crippen LogP contribution in [0.4, 0.5) is 0 Å². The molecule has 104 valence electrons. The van der Waals surface area contributed by atoms with E-state index in [4.69, 9.17) is 10.3 Å². The van der Waals surface area contributed by atoms with Crippen molar-refractivity contribution in [3.8, 4) is 0 Å². The molecule has 0 radical (unpaired) electrons. The van der Waals surface area contributed by atoms with Crippen molar-refractivity contribution in [3.63, 3.8) is 0 Å². The summed E-state index contributed by atoms with van der Waals surface area (Å²) in [5.74, 6) is 1.81. The molecule has 0 spiro atoms.